The van der Waals surface area contributed by atoms with Crippen LogP contribution in [0.5, 0.6) is 0 Å². The van der Waals surface area contributed by atoms with Gasteiger partial charge >= 0.3 is 5.97 Å². The van der Waals surface area contributed by atoms with E-state index in [1.165, 1.54) is 12.8 Å². The fraction of sp³-hybridized carbons (Fsp3) is 0.923. The molecule has 0 rings (SSSR count). The molecule has 0 aromatic heterocycles. The van der Waals surface area contributed by atoms with Crippen molar-refractivity contribution in [3.63, 3.8) is 0 Å². The summed E-state index contributed by atoms with van der Waals surface area (Å²) in [4.78, 5) is 12.6. The standard InChI is InChI=1S/C13H28N2O2/c1-12(2)15(3)11-7-6-10-14-9-5-4-8-13(16)17/h12,14H,4-11H2,1-3H3,(H,16,17). The smallest absolute Gasteiger partial charge is 0.303 e. The van der Waals surface area contributed by atoms with Gasteiger partial charge in [0.05, 0.1) is 0 Å². The van der Waals surface area contributed by atoms with Gasteiger partial charge in [0.1, 0.15) is 0 Å². The highest BCUT2D eigenvalue weighted by molar-refractivity contribution is 5.66. The minimum Gasteiger partial charge on any atom is -0.481 e. The Hall–Kier alpha value is -0.610. The molecule has 0 unspecified atom stereocenters. The number of aliphatic carboxylic acids is 1. The normalized spacial score (nSPS) is 11.4. The van der Waals surface area contributed by atoms with Crippen LogP contribution in [-0.2, 0) is 4.79 Å². The van der Waals surface area contributed by atoms with Crippen molar-refractivity contribution in [1.82, 2.24) is 10.2 Å². The lowest BCUT2D eigenvalue weighted by molar-refractivity contribution is -0.137. The van der Waals surface area contributed by atoms with Crippen LogP contribution in [0.2, 0.25) is 0 Å². The van der Waals surface area contributed by atoms with E-state index in [0.717, 1.165) is 32.5 Å². The maximum atomic E-state index is 10.3. The van der Waals surface area contributed by atoms with Crippen molar-refractivity contribution in [2.75, 3.05) is 26.7 Å². The summed E-state index contributed by atoms with van der Waals surface area (Å²) in [6.45, 7) is 7.55. The van der Waals surface area contributed by atoms with Gasteiger partial charge in [-0.15, -0.1) is 0 Å². The fourth-order valence-corrected chi connectivity index (χ4v) is 1.52. The van der Waals surface area contributed by atoms with E-state index < -0.39 is 5.97 Å². The van der Waals surface area contributed by atoms with Gasteiger partial charge in [-0.25, -0.2) is 0 Å². The van der Waals surface area contributed by atoms with E-state index in [1.807, 2.05) is 0 Å². The molecule has 0 aromatic carbocycles. The van der Waals surface area contributed by atoms with Gasteiger partial charge in [0.25, 0.3) is 0 Å². The van der Waals surface area contributed by atoms with Gasteiger partial charge in [0.15, 0.2) is 0 Å². The van der Waals surface area contributed by atoms with E-state index >= 15 is 0 Å². The van der Waals surface area contributed by atoms with Crippen LogP contribution in [0.25, 0.3) is 0 Å². The Morgan fingerprint density at radius 1 is 1.18 bits per heavy atom. The third kappa shape index (κ3) is 11.6. The van der Waals surface area contributed by atoms with Crippen molar-refractivity contribution in [2.45, 2.75) is 52.0 Å². The molecule has 0 atom stereocenters. The summed E-state index contributed by atoms with van der Waals surface area (Å²) in [6.07, 6.45) is 4.43. The van der Waals surface area contributed by atoms with Gasteiger partial charge in [-0.1, -0.05) is 0 Å². The van der Waals surface area contributed by atoms with Crippen molar-refractivity contribution >= 4 is 5.97 Å². The average Bonchev–Trinajstić information content (AvgIpc) is 2.25. The molecule has 0 aliphatic carbocycles. The highest BCUT2D eigenvalue weighted by Gasteiger charge is 2.01. The lowest BCUT2D eigenvalue weighted by atomic mass is 10.2. The molecule has 0 saturated carbocycles. The second kappa shape index (κ2) is 10.5. The molecule has 0 aliphatic rings. The first-order valence-electron chi connectivity index (χ1n) is 6.66. The number of carboxylic acids is 1. The summed E-state index contributed by atoms with van der Waals surface area (Å²) in [7, 11) is 2.16. The highest BCUT2D eigenvalue weighted by Crippen LogP contribution is 1.97. The first kappa shape index (κ1) is 16.4. The lowest BCUT2D eigenvalue weighted by Crippen LogP contribution is -2.28. The van der Waals surface area contributed by atoms with Crippen molar-refractivity contribution < 1.29 is 9.90 Å². The third-order valence-electron chi connectivity index (χ3n) is 2.99. The molecule has 2 N–H and O–H groups in total. The number of hydrogen-bond donors (Lipinski definition) is 2. The maximum Gasteiger partial charge on any atom is 0.303 e. The number of carbonyl (C=O) groups is 1. The van der Waals surface area contributed by atoms with Crippen LogP contribution < -0.4 is 5.32 Å². The summed E-state index contributed by atoms with van der Waals surface area (Å²) in [5.74, 6) is -0.693. The van der Waals surface area contributed by atoms with E-state index in [1.54, 1.807) is 0 Å². The van der Waals surface area contributed by atoms with E-state index in [2.05, 4.69) is 31.1 Å². The van der Waals surface area contributed by atoms with Crippen molar-refractivity contribution in [1.29, 1.82) is 0 Å². The van der Waals surface area contributed by atoms with Gasteiger partial charge in [0.2, 0.25) is 0 Å². The molecule has 0 aromatic rings. The molecular formula is C13H28N2O2. The number of nitrogens with one attached hydrogen (secondary N) is 1. The summed E-state index contributed by atoms with van der Waals surface area (Å²) in [6, 6.07) is 0.624. The third-order valence-corrected chi connectivity index (χ3v) is 2.99. The quantitative estimate of drug-likeness (QED) is 0.545. The zero-order chi connectivity index (χ0) is 13.1. The summed E-state index contributed by atoms with van der Waals surface area (Å²) < 4.78 is 0. The second-order valence-corrected chi connectivity index (χ2v) is 4.88. The molecule has 4 nitrogen and oxygen atoms in total. The molecule has 0 bridgehead atoms. The molecule has 17 heavy (non-hydrogen) atoms. The zero-order valence-corrected chi connectivity index (χ0v) is 11.5. The molecule has 102 valence electrons. The molecule has 4 heteroatoms. The van der Waals surface area contributed by atoms with Gasteiger partial charge in [-0.3, -0.25) is 4.79 Å². The molecule has 0 fully saturated rings. The van der Waals surface area contributed by atoms with Crippen LogP contribution in [0.3, 0.4) is 0 Å². The van der Waals surface area contributed by atoms with E-state index in [9.17, 15) is 4.79 Å². The monoisotopic (exact) mass is 244 g/mol. The summed E-state index contributed by atoms with van der Waals surface area (Å²) in [5, 5.41) is 11.8. The van der Waals surface area contributed by atoms with Crippen LogP contribution >= 0.6 is 0 Å². The van der Waals surface area contributed by atoms with Crippen molar-refractivity contribution in [3.05, 3.63) is 0 Å². The van der Waals surface area contributed by atoms with Crippen LogP contribution in [0.1, 0.15) is 46.0 Å². The molecule has 0 radical (unpaired) electrons. The minimum absolute atomic E-state index is 0.293. The molecular weight excluding hydrogens is 216 g/mol. The predicted molar refractivity (Wildman–Crippen MR) is 71.4 cm³/mol. The van der Waals surface area contributed by atoms with E-state index in [0.29, 0.717) is 12.5 Å². The number of rotatable bonds is 11. The summed E-state index contributed by atoms with van der Waals surface area (Å²) >= 11 is 0. The number of carboxylic acid groups (broad SMARTS) is 1. The first-order valence-corrected chi connectivity index (χ1v) is 6.66. The molecule has 0 aliphatic heterocycles. The molecule has 0 spiro atoms. The number of hydrogen-bond acceptors (Lipinski definition) is 3. The summed E-state index contributed by atoms with van der Waals surface area (Å²) in [5.41, 5.74) is 0. The van der Waals surface area contributed by atoms with Crippen LogP contribution in [0.15, 0.2) is 0 Å². The fourth-order valence-electron chi connectivity index (χ4n) is 1.52. The van der Waals surface area contributed by atoms with Crippen molar-refractivity contribution in [2.24, 2.45) is 0 Å². The number of unbranched alkanes of at least 4 members (excludes halogenated alkanes) is 2. The Kier molecular flexibility index (Phi) is 10.2. The van der Waals surface area contributed by atoms with Gasteiger partial charge in [0, 0.05) is 12.5 Å². The van der Waals surface area contributed by atoms with Gasteiger partial charge < -0.3 is 15.3 Å². The second-order valence-electron chi connectivity index (χ2n) is 4.88. The Balaban J connectivity index is 3.11. The lowest BCUT2D eigenvalue weighted by Gasteiger charge is -2.20. The average molecular weight is 244 g/mol. The van der Waals surface area contributed by atoms with E-state index in [4.69, 9.17) is 5.11 Å². The Bertz CT molecular complexity index is 196. The molecule has 0 heterocycles. The zero-order valence-electron chi connectivity index (χ0n) is 11.5. The maximum absolute atomic E-state index is 10.3. The number of nitrogens with zero attached hydrogens (tertiary/aromatic N) is 1. The van der Waals surface area contributed by atoms with Crippen LogP contribution in [0.4, 0.5) is 0 Å². The van der Waals surface area contributed by atoms with Gasteiger partial charge in [-0.05, 0) is 66.2 Å². The molecule has 0 saturated heterocycles. The van der Waals surface area contributed by atoms with Crippen LogP contribution in [0, 0.1) is 0 Å². The SMILES string of the molecule is CC(C)N(C)CCCCNCCCCC(=O)O. The topological polar surface area (TPSA) is 52.6 Å². The Morgan fingerprint density at radius 2 is 1.76 bits per heavy atom. The highest BCUT2D eigenvalue weighted by atomic mass is 16.4. The van der Waals surface area contributed by atoms with Crippen molar-refractivity contribution in [3.8, 4) is 0 Å². The van der Waals surface area contributed by atoms with Gasteiger partial charge in [-0.2, -0.15) is 0 Å². The van der Waals surface area contributed by atoms with Crippen LogP contribution in [-0.4, -0.2) is 48.7 Å². The first-order chi connectivity index (χ1) is 8.04. The minimum atomic E-state index is -0.693. The predicted octanol–water partition coefficient (Wildman–Crippen LogP) is 1.95. The molecule has 0 amide bonds. The largest absolute Gasteiger partial charge is 0.481 e. The Morgan fingerprint density at radius 3 is 2.29 bits per heavy atom. The Labute approximate surface area is 105 Å². The van der Waals surface area contributed by atoms with E-state index in [-0.39, 0.29) is 0 Å².